The van der Waals surface area contributed by atoms with Gasteiger partial charge >= 0.3 is 0 Å². The first kappa shape index (κ1) is 48.4. The zero-order valence-electron chi connectivity index (χ0n) is 34.0. The van der Waals surface area contributed by atoms with Crippen molar-refractivity contribution in [3.63, 3.8) is 0 Å². The number of unbranched alkanes of at least 4 members (excludes halogenated alkanes) is 27. The van der Waals surface area contributed by atoms with Crippen LogP contribution < -0.4 is 16.0 Å². The Morgan fingerprint density at radius 1 is 0.360 bits per heavy atom. The van der Waals surface area contributed by atoms with E-state index in [1.807, 2.05) is 0 Å². The van der Waals surface area contributed by atoms with Crippen molar-refractivity contribution in [3.8, 4) is 0 Å². The van der Waals surface area contributed by atoms with E-state index in [9.17, 15) is 14.4 Å². The van der Waals surface area contributed by atoms with E-state index in [-0.39, 0.29) is 23.8 Å². The highest BCUT2D eigenvalue weighted by Crippen LogP contribution is 2.14. The second-order valence-corrected chi connectivity index (χ2v) is 15.5. The Labute approximate surface area is 312 Å². The van der Waals surface area contributed by atoms with Crippen molar-refractivity contribution in [1.82, 2.24) is 16.0 Å². The molecule has 6 heteroatoms. The van der Waals surface area contributed by atoms with Crippen LogP contribution in [0.15, 0.2) is 0 Å². The molecule has 0 radical (unpaired) electrons. The second kappa shape index (κ2) is 40.2. The fourth-order valence-electron chi connectivity index (χ4n) is 6.82. The summed E-state index contributed by atoms with van der Waals surface area (Å²) in [4.78, 5) is 36.5. The van der Waals surface area contributed by atoms with E-state index in [0.29, 0.717) is 32.4 Å². The molecular formula is C44H87N3O3. The van der Waals surface area contributed by atoms with Gasteiger partial charge < -0.3 is 16.0 Å². The maximum Gasteiger partial charge on any atom is 0.220 e. The lowest BCUT2D eigenvalue weighted by Crippen LogP contribution is -2.32. The van der Waals surface area contributed by atoms with Gasteiger partial charge in [-0.2, -0.15) is 0 Å². The Morgan fingerprint density at radius 3 is 1.00 bits per heavy atom. The van der Waals surface area contributed by atoms with Gasteiger partial charge in [0.15, 0.2) is 0 Å². The molecule has 0 aromatic heterocycles. The van der Waals surface area contributed by atoms with Crippen molar-refractivity contribution in [1.29, 1.82) is 0 Å². The predicted molar refractivity (Wildman–Crippen MR) is 217 cm³/mol. The molecule has 6 nitrogen and oxygen atoms in total. The summed E-state index contributed by atoms with van der Waals surface area (Å²) in [5, 5.41) is 9.23. The number of carbonyl (C=O) groups excluding carboxylic acids is 3. The minimum absolute atomic E-state index is 0.121. The summed E-state index contributed by atoms with van der Waals surface area (Å²) in [6, 6.07) is 0.190. The van der Waals surface area contributed by atoms with Crippen LogP contribution >= 0.6 is 0 Å². The van der Waals surface area contributed by atoms with E-state index < -0.39 is 0 Å². The molecule has 0 aromatic carbocycles. The molecule has 296 valence electrons. The highest BCUT2D eigenvalue weighted by molar-refractivity contribution is 5.76. The van der Waals surface area contributed by atoms with Crippen LogP contribution in [0.2, 0.25) is 0 Å². The first-order valence-electron chi connectivity index (χ1n) is 22.3. The van der Waals surface area contributed by atoms with Crippen LogP contribution in [0.3, 0.4) is 0 Å². The van der Waals surface area contributed by atoms with Gasteiger partial charge in [0.25, 0.3) is 0 Å². The second-order valence-electron chi connectivity index (χ2n) is 15.5. The standard InChI is InChI=1S/C44H87N3O3/c1-4-6-8-10-12-14-16-18-20-22-24-26-29-36-42(48)45-39-33-28-31-37-43(49)46-40-34-32-35-41(3)47-44(50)38-30-27-25-23-21-19-17-15-13-11-9-7-5-2/h41H,4-40H2,1-3H3,(H,45,48)(H,46,49)(H,47,50)/t41-/m1/s1. The third-order valence-corrected chi connectivity index (χ3v) is 10.2. The largest absolute Gasteiger partial charge is 0.356 e. The molecule has 0 aliphatic heterocycles. The minimum atomic E-state index is 0.121. The molecule has 0 heterocycles. The summed E-state index contributed by atoms with van der Waals surface area (Å²) < 4.78 is 0. The molecule has 0 spiro atoms. The van der Waals surface area contributed by atoms with Gasteiger partial charge in [-0.05, 0) is 51.9 Å². The van der Waals surface area contributed by atoms with E-state index in [0.717, 1.165) is 64.2 Å². The fourth-order valence-corrected chi connectivity index (χ4v) is 6.82. The molecule has 0 fully saturated rings. The van der Waals surface area contributed by atoms with Crippen LogP contribution in [-0.4, -0.2) is 36.9 Å². The van der Waals surface area contributed by atoms with Gasteiger partial charge in [0.1, 0.15) is 0 Å². The number of rotatable bonds is 40. The van der Waals surface area contributed by atoms with Crippen LogP contribution in [0.1, 0.15) is 245 Å². The molecule has 1 atom stereocenters. The molecule has 0 bridgehead atoms. The maximum absolute atomic E-state index is 12.3. The average Bonchev–Trinajstić information content (AvgIpc) is 3.10. The zero-order valence-corrected chi connectivity index (χ0v) is 34.0. The highest BCUT2D eigenvalue weighted by atomic mass is 16.2. The summed E-state index contributed by atoms with van der Waals surface area (Å²) in [6.45, 7) is 8.05. The quantitative estimate of drug-likeness (QED) is 0.0555. The van der Waals surface area contributed by atoms with Crippen molar-refractivity contribution in [2.45, 2.75) is 252 Å². The Morgan fingerprint density at radius 2 is 0.640 bits per heavy atom. The molecule has 0 saturated carbocycles. The first-order chi connectivity index (χ1) is 24.5. The number of hydrogen-bond donors (Lipinski definition) is 3. The smallest absolute Gasteiger partial charge is 0.220 e. The Bertz CT molecular complexity index is 744. The van der Waals surface area contributed by atoms with Crippen LogP contribution in [0.5, 0.6) is 0 Å². The zero-order chi connectivity index (χ0) is 36.6. The molecule has 50 heavy (non-hydrogen) atoms. The SMILES string of the molecule is CCCCCCCCCCCCCCCC(=O)NCCCCCC(=O)NCCCC[C@@H](C)NC(=O)CCCCCCCCCCCCCCC. The molecular weight excluding hydrogens is 619 g/mol. The summed E-state index contributed by atoms with van der Waals surface area (Å²) in [7, 11) is 0. The Balaban J connectivity index is 3.42. The van der Waals surface area contributed by atoms with Crippen molar-refractivity contribution < 1.29 is 14.4 Å². The summed E-state index contributed by atoms with van der Waals surface area (Å²) >= 11 is 0. The average molecular weight is 706 g/mol. The van der Waals surface area contributed by atoms with Gasteiger partial charge in [0.05, 0.1) is 0 Å². The van der Waals surface area contributed by atoms with E-state index in [2.05, 4.69) is 36.7 Å². The molecule has 0 aliphatic carbocycles. The number of nitrogens with one attached hydrogen (secondary N) is 3. The van der Waals surface area contributed by atoms with Crippen LogP contribution in [-0.2, 0) is 14.4 Å². The summed E-state index contributed by atoms with van der Waals surface area (Å²) in [5.74, 6) is 0.480. The fraction of sp³-hybridized carbons (Fsp3) is 0.932. The Hall–Kier alpha value is -1.59. The van der Waals surface area contributed by atoms with Gasteiger partial charge in [-0.1, -0.05) is 174 Å². The normalized spacial score (nSPS) is 11.8. The minimum Gasteiger partial charge on any atom is -0.356 e. The highest BCUT2D eigenvalue weighted by Gasteiger charge is 2.08. The van der Waals surface area contributed by atoms with Crippen LogP contribution in [0.4, 0.5) is 0 Å². The molecule has 3 amide bonds. The van der Waals surface area contributed by atoms with E-state index in [1.54, 1.807) is 0 Å². The van der Waals surface area contributed by atoms with E-state index in [4.69, 9.17) is 0 Å². The van der Waals surface area contributed by atoms with E-state index >= 15 is 0 Å². The van der Waals surface area contributed by atoms with Crippen molar-refractivity contribution in [2.75, 3.05) is 13.1 Å². The monoisotopic (exact) mass is 706 g/mol. The van der Waals surface area contributed by atoms with Gasteiger partial charge in [0.2, 0.25) is 17.7 Å². The van der Waals surface area contributed by atoms with Crippen molar-refractivity contribution in [3.05, 3.63) is 0 Å². The van der Waals surface area contributed by atoms with Crippen LogP contribution in [0, 0.1) is 0 Å². The maximum atomic E-state index is 12.3. The third-order valence-electron chi connectivity index (χ3n) is 10.2. The number of hydrogen-bond acceptors (Lipinski definition) is 3. The van der Waals surface area contributed by atoms with Gasteiger partial charge in [-0.15, -0.1) is 0 Å². The molecule has 0 aromatic rings. The molecule has 0 saturated heterocycles. The Kier molecular flexibility index (Phi) is 38.9. The number of amides is 3. The predicted octanol–water partition coefficient (Wildman–Crippen LogP) is 12.4. The van der Waals surface area contributed by atoms with Crippen LogP contribution in [0.25, 0.3) is 0 Å². The van der Waals surface area contributed by atoms with Crippen molar-refractivity contribution in [2.24, 2.45) is 0 Å². The lowest BCUT2D eigenvalue weighted by molar-refractivity contribution is -0.122. The lowest BCUT2D eigenvalue weighted by atomic mass is 10.0. The van der Waals surface area contributed by atoms with Crippen molar-refractivity contribution >= 4 is 17.7 Å². The molecule has 3 N–H and O–H groups in total. The van der Waals surface area contributed by atoms with Gasteiger partial charge in [-0.25, -0.2) is 0 Å². The van der Waals surface area contributed by atoms with Gasteiger partial charge in [-0.3, -0.25) is 14.4 Å². The molecule has 0 unspecified atom stereocenters. The summed E-state index contributed by atoms with van der Waals surface area (Å²) in [5.41, 5.74) is 0. The summed E-state index contributed by atoms with van der Waals surface area (Å²) in [6.07, 6.45) is 41.9. The van der Waals surface area contributed by atoms with E-state index in [1.165, 1.54) is 141 Å². The molecule has 0 rings (SSSR count). The third kappa shape index (κ3) is 39.2. The topological polar surface area (TPSA) is 87.3 Å². The first-order valence-corrected chi connectivity index (χ1v) is 22.3. The number of carbonyl (C=O) groups is 3. The molecule has 0 aliphatic rings. The van der Waals surface area contributed by atoms with Gasteiger partial charge in [0, 0.05) is 38.4 Å². The lowest BCUT2D eigenvalue weighted by Gasteiger charge is -2.14.